The largest absolute Gasteiger partial charge is 0.343 e. The molecule has 3 nitrogen and oxygen atoms in total. The number of piperidine rings is 2. The fourth-order valence-corrected chi connectivity index (χ4v) is 3.94. The van der Waals surface area contributed by atoms with E-state index in [-0.39, 0.29) is 0 Å². The molecule has 122 valence electrons. The number of hydrogen-bond donors (Lipinski definition) is 0. The van der Waals surface area contributed by atoms with Gasteiger partial charge in [-0.1, -0.05) is 27.2 Å². The smallest absolute Gasteiger partial charge is 0.222 e. The van der Waals surface area contributed by atoms with Crippen molar-refractivity contribution in [3.63, 3.8) is 0 Å². The number of carbonyl (C=O) groups is 1. The van der Waals surface area contributed by atoms with E-state index in [4.69, 9.17) is 0 Å². The van der Waals surface area contributed by atoms with Crippen LogP contribution >= 0.6 is 0 Å². The first-order valence-corrected chi connectivity index (χ1v) is 9.05. The highest BCUT2D eigenvalue weighted by atomic mass is 16.2. The van der Waals surface area contributed by atoms with Crippen molar-refractivity contribution in [2.24, 2.45) is 11.3 Å². The summed E-state index contributed by atoms with van der Waals surface area (Å²) < 4.78 is 0. The predicted molar refractivity (Wildman–Crippen MR) is 88.3 cm³/mol. The van der Waals surface area contributed by atoms with Gasteiger partial charge >= 0.3 is 0 Å². The first-order chi connectivity index (χ1) is 10.0. The molecular weight excluding hydrogens is 260 g/mol. The molecule has 2 heterocycles. The van der Waals surface area contributed by atoms with E-state index < -0.39 is 0 Å². The third-order valence-electron chi connectivity index (χ3n) is 5.46. The lowest BCUT2D eigenvalue weighted by molar-refractivity contribution is -0.134. The number of likely N-dealkylation sites (tertiary alicyclic amines) is 2. The Balaban J connectivity index is 1.75. The zero-order valence-electron chi connectivity index (χ0n) is 14.4. The second-order valence-electron chi connectivity index (χ2n) is 7.68. The first kappa shape index (κ1) is 16.8. The molecular formula is C18H34N2O. The Labute approximate surface area is 131 Å². The molecule has 3 heteroatoms. The van der Waals surface area contributed by atoms with Crippen molar-refractivity contribution < 1.29 is 4.79 Å². The minimum absolute atomic E-state index is 0.393. The van der Waals surface area contributed by atoms with Crippen LogP contribution in [0.3, 0.4) is 0 Å². The van der Waals surface area contributed by atoms with Gasteiger partial charge in [0.25, 0.3) is 0 Å². The SMILES string of the molecule is CCCCC(=O)N1CCC2(CCN(CC(C)C)CC2)CC1. The summed E-state index contributed by atoms with van der Waals surface area (Å²) in [5, 5.41) is 0. The monoisotopic (exact) mass is 294 g/mol. The lowest BCUT2D eigenvalue weighted by Crippen LogP contribution is -2.48. The molecule has 0 aromatic rings. The maximum Gasteiger partial charge on any atom is 0.222 e. The zero-order chi connectivity index (χ0) is 15.3. The van der Waals surface area contributed by atoms with E-state index in [0.29, 0.717) is 11.3 Å². The number of rotatable bonds is 5. The van der Waals surface area contributed by atoms with Gasteiger partial charge in [0.2, 0.25) is 5.91 Å². The Hall–Kier alpha value is -0.570. The molecule has 1 spiro atoms. The Morgan fingerprint density at radius 1 is 1.05 bits per heavy atom. The van der Waals surface area contributed by atoms with E-state index in [2.05, 4.69) is 30.6 Å². The van der Waals surface area contributed by atoms with E-state index in [1.807, 2.05) is 0 Å². The zero-order valence-corrected chi connectivity index (χ0v) is 14.4. The number of unbranched alkanes of at least 4 members (excludes halogenated alkanes) is 1. The maximum absolute atomic E-state index is 12.1. The molecule has 0 unspecified atom stereocenters. The van der Waals surface area contributed by atoms with Crippen LogP contribution in [0.4, 0.5) is 0 Å². The van der Waals surface area contributed by atoms with Gasteiger partial charge in [0.15, 0.2) is 0 Å². The number of nitrogens with zero attached hydrogens (tertiary/aromatic N) is 2. The average Bonchev–Trinajstić information content (AvgIpc) is 2.48. The van der Waals surface area contributed by atoms with Crippen LogP contribution < -0.4 is 0 Å². The van der Waals surface area contributed by atoms with Crippen LogP contribution in [0.25, 0.3) is 0 Å². The van der Waals surface area contributed by atoms with Gasteiger partial charge < -0.3 is 9.80 Å². The molecule has 0 radical (unpaired) electrons. The summed E-state index contributed by atoms with van der Waals surface area (Å²) in [5.41, 5.74) is 0.551. The number of hydrogen-bond acceptors (Lipinski definition) is 2. The second-order valence-corrected chi connectivity index (χ2v) is 7.68. The van der Waals surface area contributed by atoms with Crippen LogP contribution in [-0.4, -0.2) is 48.4 Å². The minimum atomic E-state index is 0.393. The first-order valence-electron chi connectivity index (χ1n) is 9.05. The molecule has 2 aliphatic rings. The summed E-state index contributed by atoms with van der Waals surface area (Å²) in [7, 11) is 0. The quantitative estimate of drug-likeness (QED) is 0.774. The Kier molecular flexibility index (Phi) is 6.09. The van der Waals surface area contributed by atoms with Gasteiger partial charge in [-0.25, -0.2) is 0 Å². The second kappa shape index (κ2) is 7.62. The summed E-state index contributed by atoms with van der Waals surface area (Å²) in [5.74, 6) is 1.17. The fourth-order valence-electron chi connectivity index (χ4n) is 3.94. The lowest BCUT2D eigenvalue weighted by atomic mass is 9.71. The normalized spacial score (nSPS) is 23.0. The molecule has 2 rings (SSSR count). The summed E-state index contributed by atoms with van der Waals surface area (Å²) in [6, 6.07) is 0. The Morgan fingerprint density at radius 2 is 1.62 bits per heavy atom. The number of amides is 1. The highest BCUT2D eigenvalue weighted by Gasteiger charge is 2.38. The van der Waals surface area contributed by atoms with Gasteiger partial charge in [-0.3, -0.25) is 4.79 Å². The standard InChI is InChI=1S/C18H34N2O/c1-4-5-6-17(21)20-13-9-18(10-14-20)7-11-19(12-8-18)15-16(2)3/h16H,4-15H2,1-3H3. The molecule has 1 amide bonds. The van der Waals surface area contributed by atoms with Crippen molar-refractivity contribution in [3.8, 4) is 0 Å². The van der Waals surface area contributed by atoms with Crippen molar-refractivity contribution >= 4 is 5.91 Å². The van der Waals surface area contributed by atoms with Gasteiger partial charge in [-0.2, -0.15) is 0 Å². The highest BCUT2D eigenvalue weighted by Crippen LogP contribution is 2.41. The molecule has 2 aliphatic heterocycles. The third-order valence-corrected chi connectivity index (χ3v) is 5.46. The third kappa shape index (κ3) is 4.70. The Morgan fingerprint density at radius 3 is 2.14 bits per heavy atom. The molecule has 0 N–H and O–H groups in total. The van der Waals surface area contributed by atoms with E-state index in [1.54, 1.807) is 0 Å². The predicted octanol–water partition coefficient (Wildman–Crippen LogP) is 3.54. The molecule has 0 atom stereocenters. The Bertz CT molecular complexity index is 322. The summed E-state index contributed by atoms with van der Waals surface area (Å²) >= 11 is 0. The molecule has 0 aromatic heterocycles. The molecule has 0 bridgehead atoms. The van der Waals surface area contributed by atoms with E-state index in [9.17, 15) is 4.79 Å². The van der Waals surface area contributed by atoms with E-state index in [1.165, 1.54) is 45.3 Å². The van der Waals surface area contributed by atoms with Crippen LogP contribution in [-0.2, 0) is 4.79 Å². The maximum atomic E-state index is 12.1. The molecule has 0 aliphatic carbocycles. The van der Waals surface area contributed by atoms with Gasteiger partial charge in [0.1, 0.15) is 0 Å². The summed E-state index contributed by atoms with van der Waals surface area (Å²) in [6.07, 6.45) is 8.08. The topological polar surface area (TPSA) is 23.6 Å². The van der Waals surface area contributed by atoms with Crippen LogP contribution in [0.5, 0.6) is 0 Å². The van der Waals surface area contributed by atoms with Gasteiger partial charge in [-0.05, 0) is 56.5 Å². The van der Waals surface area contributed by atoms with Crippen molar-refractivity contribution in [1.82, 2.24) is 9.80 Å². The molecule has 0 saturated carbocycles. The van der Waals surface area contributed by atoms with Gasteiger partial charge in [0.05, 0.1) is 0 Å². The van der Waals surface area contributed by atoms with Crippen LogP contribution in [0.15, 0.2) is 0 Å². The average molecular weight is 294 g/mol. The van der Waals surface area contributed by atoms with E-state index >= 15 is 0 Å². The highest BCUT2D eigenvalue weighted by molar-refractivity contribution is 5.76. The van der Waals surface area contributed by atoms with Crippen molar-refractivity contribution in [1.29, 1.82) is 0 Å². The van der Waals surface area contributed by atoms with Crippen LogP contribution in [0, 0.1) is 11.3 Å². The van der Waals surface area contributed by atoms with Crippen molar-refractivity contribution in [2.45, 2.75) is 65.7 Å². The minimum Gasteiger partial charge on any atom is -0.343 e. The molecule has 2 fully saturated rings. The van der Waals surface area contributed by atoms with Crippen LogP contribution in [0.2, 0.25) is 0 Å². The van der Waals surface area contributed by atoms with E-state index in [0.717, 1.165) is 38.3 Å². The number of carbonyl (C=O) groups excluding carboxylic acids is 1. The fraction of sp³-hybridized carbons (Fsp3) is 0.944. The van der Waals surface area contributed by atoms with Crippen LogP contribution in [0.1, 0.15) is 65.7 Å². The van der Waals surface area contributed by atoms with Crippen molar-refractivity contribution in [2.75, 3.05) is 32.7 Å². The molecule has 0 aromatic carbocycles. The molecule has 21 heavy (non-hydrogen) atoms. The summed E-state index contributed by atoms with van der Waals surface area (Å²) in [6.45, 7) is 12.6. The molecule has 2 saturated heterocycles. The van der Waals surface area contributed by atoms with Crippen molar-refractivity contribution in [3.05, 3.63) is 0 Å². The lowest BCUT2D eigenvalue weighted by Gasteiger charge is -2.47. The van der Waals surface area contributed by atoms with Gasteiger partial charge in [-0.15, -0.1) is 0 Å². The van der Waals surface area contributed by atoms with Gasteiger partial charge in [0, 0.05) is 26.1 Å². The summed E-state index contributed by atoms with van der Waals surface area (Å²) in [4.78, 5) is 16.9.